The van der Waals surface area contributed by atoms with Crippen molar-refractivity contribution in [1.29, 1.82) is 0 Å². The molecule has 2 aromatic carbocycles. The summed E-state index contributed by atoms with van der Waals surface area (Å²) in [6.07, 6.45) is 0. The van der Waals surface area contributed by atoms with Crippen molar-refractivity contribution in [1.82, 2.24) is 0 Å². The van der Waals surface area contributed by atoms with Gasteiger partial charge in [-0.25, -0.2) is 8.42 Å². The van der Waals surface area contributed by atoms with E-state index in [-0.39, 0.29) is 4.90 Å². The summed E-state index contributed by atoms with van der Waals surface area (Å²) in [5.41, 5.74) is 2.72. The summed E-state index contributed by atoms with van der Waals surface area (Å²) in [4.78, 5) is 2.62. The maximum atomic E-state index is 12.4. The maximum absolute atomic E-state index is 12.4. The first-order chi connectivity index (χ1) is 11.1. The lowest BCUT2D eigenvalue weighted by atomic mass is 10.1. The van der Waals surface area contributed by atoms with Crippen molar-refractivity contribution >= 4 is 33.2 Å². The lowest BCUT2D eigenvalue weighted by Crippen LogP contribution is -2.32. The topological polar surface area (TPSA) is 49.4 Å². The smallest absolute Gasteiger partial charge is 0.261 e. The SMILES string of the molecule is Cc1cc(N2CCSCC2)ccc1NS(=O)(=O)c1ccccc1. The number of aryl methyl sites for hydroxylation is 1. The Balaban J connectivity index is 1.81. The average Bonchev–Trinajstić information content (AvgIpc) is 2.58. The number of benzene rings is 2. The summed E-state index contributed by atoms with van der Waals surface area (Å²) in [6, 6.07) is 14.3. The summed E-state index contributed by atoms with van der Waals surface area (Å²) in [5.74, 6) is 2.28. The van der Waals surface area contributed by atoms with Gasteiger partial charge in [-0.2, -0.15) is 11.8 Å². The van der Waals surface area contributed by atoms with Crippen LogP contribution in [0.25, 0.3) is 0 Å². The minimum Gasteiger partial charge on any atom is -0.370 e. The Hall–Kier alpha value is -1.66. The van der Waals surface area contributed by atoms with Crippen molar-refractivity contribution in [3.63, 3.8) is 0 Å². The van der Waals surface area contributed by atoms with E-state index >= 15 is 0 Å². The number of nitrogens with one attached hydrogen (secondary N) is 1. The third kappa shape index (κ3) is 3.82. The molecule has 1 N–H and O–H groups in total. The van der Waals surface area contributed by atoms with Gasteiger partial charge in [0.25, 0.3) is 10.0 Å². The van der Waals surface area contributed by atoms with E-state index in [1.807, 2.05) is 30.8 Å². The van der Waals surface area contributed by atoms with Crippen LogP contribution in [0.3, 0.4) is 0 Å². The molecule has 23 heavy (non-hydrogen) atoms. The lowest BCUT2D eigenvalue weighted by molar-refractivity contribution is 0.601. The molecule has 0 amide bonds. The number of hydrogen-bond donors (Lipinski definition) is 1. The summed E-state index contributed by atoms with van der Waals surface area (Å²) in [5, 5.41) is 0. The Morgan fingerprint density at radius 2 is 1.74 bits per heavy atom. The van der Waals surface area contributed by atoms with Crippen molar-refractivity contribution in [2.24, 2.45) is 0 Å². The van der Waals surface area contributed by atoms with Gasteiger partial charge < -0.3 is 4.90 Å². The van der Waals surface area contributed by atoms with Gasteiger partial charge in [-0.15, -0.1) is 0 Å². The largest absolute Gasteiger partial charge is 0.370 e. The van der Waals surface area contributed by atoms with Gasteiger partial charge in [-0.1, -0.05) is 18.2 Å². The molecule has 2 aromatic rings. The molecule has 0 unspecified atom stereocenters. The zero-order valence-electron chi connectivity index (χ0n) is 13.0. The molecule has 1 aliphatic heterocycles. The van der Waals surface area contributed by atoms with Crippen LogP contribution in [-0.4, -0.2) is 33.0 Å². The predicted molar refractivity (Wildman–Crippen MR) is 98.0 cm³/mol. The number of sulfonamides is 1. The third-order valence-corrected chi connectivity index (χ3v) is 6.21. The minimum atomic E-state index is -3.54. The van der Waals surface area contributed by atoms with Crippen LogP contribution < -0.4 is 9.62 Å². The van der Waals surface area contributed by atoms with Crippen LogP contribution in [0.2, 0.25) is 0 Å². The fraction of sp³-hybridized carbons (Fsp3) is 0.294. The van der Waals surface area contributed by atoms with Gasteiger partial charge in [0.15, 0.2) is 0 Å². The number of thioether (sulfide) groups is 1. The molecule has 4 nitrogen and oxygen atoms in total. The summed E-state index contributed by atoms with van der Waals surface area (Å²) in [6.45, 7) is 4.02. The molecule has 0 radical (unpaired) electrons. The van der Waals surface area contributed by atoms with E-state index in [0.29, 0.717) is 5.69 Å². The Morgan fingerprint density at radius 3 is 2.39 bits per heavy atom. The zero-order valence-corrected chi connectivity index (χ0v) is 14.7. The monoisotopic (exact) mass is 348 g/mol. The van der Waals surface area contributed by atoms with Crippen LogP contribution in [0.15, 0.2) is 53.4 Å². The molecule has 0 saturated carbocycles. The molecule has 1 heterocycles. The number of hydrogen-bond acceptors (Lipinski definition) is 4. The molecule has 6 heteroatoms. The van der Waals surface area contributed by atoms with Crippen molar-refractivity contribution in [2.75, 3.05) is 34.2 Å². The van der Waals surface area contributed by atoms with E-state index in [0.717, 1.165) is 35.8 Å². The van der Waals surface area contributed by atoms with Crippen LogP contribution in [0.5, 0.6) is 0 Å². The lowest BCUT2D eigenvalue weighted by Gasteiger charge is -2.29. The van der Waals surface area contributed by atoms with Crippen LogP contribution in [-0.2, 0) is 10.0 Å². The minimum absolute atomic E-state index is 0.275. The number of nitrogens with zero attached hydrogens (tertiary/aromatic N) is 1. The molecular weight excluding hydrogens is 328 g/mol. The van der Waals surface area contributed by atoms with E-state index < -0.39 is 10.0 Å². The van der Waals surface area contributed by atoms with Crippen molar-refractivity contribution in [3.05, 3.63) is 54.1 Å². The highest BCUT2D eigenvalue weighted by molar-refractivity contribution is 7.99. The number of rotatable bonds is 4. The molecule has 3 rings (SSSR count). The van der Waals surface area contributed by atoms with Gasteiger partial charge in [0.1, 0.15) is 0 Å². The first-order valence-electron chi connectivity index (χ1n) is 7.57. The van der Waals surface area contributed by atoms with E-state index in [2.05, 4.69) is 15.7 Å². The molecule has 0 spiro atoms. The molecule has 0 aliphatic carbocycles. The second-order valence-electron chi connectivity index (χ2n) is 5.52. The Labute approximate surface area is 142 Å². The van der Waals surface area contributed by atoms with Gasteiger partial charge in [0.2, 0.25) is 0 Å². The highest BCUT2D eigenvalue weighted by Gasteiger charge is 2.16. The van der Waals surface area contributed by atoms with Crippen molar-refractivity contribution in [2.45, 2.75) is 11.8 Å². The van der Waals surface area contributed by atoms with Crippen LogP contribution in [0.4, 0.5) is 11.4 Å². The fourth-order valence-electron chi connectivity index (χ4n) is 2.58. The summed E-state index contributed by atoms with van der Waals surface area (Å²) >= 11 is 1.97. The number of anilines is 2. The highest BCUT2D eigenvalue weighted by Crippen LogP contribution is 2.26. The predicted octanol–water partition coefficient (Wildman–Crippen LogP) is 3.35. The van der Waals surface area contributed by atoms with Crippen LogP contribution >= 0.6 is 11.8 Å². The van der Waals surface area contributed by atoms with Gasteiger partial charge in [0, 0.05) is 30.3 Å². The second kappa shape index (κ2) is 6.84. The Bertz CT molecular complexity index is 770. The van der Waals surface area contributed by atoms with Crippen molar-refractivity contribution < 1.29 is 8.42 Å². The van der Waals surface area contributed by atoms with E-state index in [1.165, 1.54) is 0 Å². The molecule has 1 saturated heterocycles. The maximum Gasteiger partial charge on any atom is 0.261 e. The summed E-state index contributed by atoms with van der Waals surface area (Å²) in [7, 11) is -3.54. The molecule has 0 aromatic heterocycles. The normalized spacial score (nSPS) is 15.4. The second-order valence-corrected chi connectivity index (χ2v) is 8.42. The average molecular weight is 348 g/mol. The van der Waals surface area contributed by atoms with Gasteiger partial charge in [-0.05, 0) is 42.8 Å². The molecular formula is C17H20N2O2S2. The van der Waals surface area contributed by atoms with Gasteiger partial charge >= 0.3 is 0 Å². The van der Waals surface area contributed by atoms with E-state index in [9.17, 15) is 8.42 Å². The first kappa shape index (κ1) is 16.2. The third-order valence-electron chi connectivity index (χ3n) is 3.88. The summed E-state index contributed by atoms with van der Waals surface area (Å²) < 4.78 is 27.5. The Kier molecular flexibility index (Phi) is 4.82. The zero-order chi connectivity index (χ0) is 16.3. The van der Waals surface area contributed by atoms with Crippen molar-refractivity contribution in [3.8, 4) is 0 Å². The van der Waals surface area contributed by atoms with E-state index in [4.69, 9.17) is 0 Å². The Morgan fingerprint density at radius 1 is 1.04 bits per heavy atom. The molecule has 0 atom stereocenters. The molecule has 1 fully saturated rings. The standard InChI is InChI=1S/C17H20N2O2S2/c1-14-13-15(19-9-11-22-12-10-19)7-8-17(14)18-23(20,21)16-5-3-2-4-6-16/h2-8,13,18H,9-12H2,1H3. The van der Waals surface area contributed by atoms with Crippen LogP contribution in [0.1, 0.15) is 5.56 Å². The highest BCUT2D eigenvalue weighted by atomic mass is 32.2. The van der Waals surface area contributed by atoms with E-state index in [1.54, 1.807) is 30.3 Å². The fourth-order valence-corrected chi connectivity index (χ4v) is 4.64. The molecule has 122 valence electrons. The molecule has 0 bridgehead atoms. The van der Waals surface area contributed by atoms with Gasteiger partial charge in [0.05, 0.1) is 10.6 Å². The van der Waals surface area contributed by atoms with Gasteiger partial charge in [-0.3, -0.25) is 4.72 Å². The first-order valence-corrected chi connectivity index (χ1v) is 10.2. The quantitative estimate of drug-likeness (QED) is 0.920. The van der Waals surface area contributed by atoms with Crippen LogP contribution in [0, 0.1) is 6.92 Å². The molecule has 1 aliphatic rings.